The minimum absolute atomic E-state index is 0.00468. The van der Waals surface area contributed by atoms with Gasteiger partial charge in [0.2, 0.25) is 0 Å². The normalized spacial score (nSPS) is 15.0. The van der Waals surface area contributed by atoms with Gasteiger partial charge in [-0.3, -0.25) is 19.5 Å². The third-order valence-electron chi connectivity index (χ3n) is 6.99. The number of hydrogen-bond acceptors (Lipinski definition) is 8. The van der Waals surface area contributed by atoms with Crippen molar-refractivity contribution in [2.45, 2.75) is 26.8 Å². The van der Waals surface area contributed by atoms with Gasteiger partial charge < -0.3 is 14.0 Å². The summed E-state index contributed by atoms with van der Waals surface area (Å²) in [5.74, 6) is -0.157. The molecule has 0 amide bonds. The van der Waals surface area contributed by atoms with Gasteiger partial charge >= 0.3 is 5.97 Å². The van der Waals surface area contributed by atoms with Gasteiger partial charge in [0.05, 0.1) is 34.9 Å². The molecule has 0 spiro atoms. The number of aromatic nitrogens is 2. The number of fused-ring (bicyclic) bond motifs is 1. The molecule has 0 saturated heterocycles. The molecule has 41 heavy (non-hydrogen) atoms. The van der Waals surface area contributed by atoms with E-state index in [2.05, 4.69) is 4.99 Å². The van der Waals surface area contributed by atoms with Crippen molar-refractivity contribution in [1.29, 1.82) is 0 Å². The predicted molar refractivity (Wildman–Crippen MR) is 156 cm³/mol. The van der Waals surface area contributed by atoms with E-state index in [1.165, 1.54) is 42.3 Å². The minimum atomic E-state index is -0.873. The number of esters is 1. The third kappa shape index (κ3) is 4.87. The van der Waals surface area contributed by atoms with Crippen LogP contribution in [0.3, 0.4) is 0 Å². The molecule has 210 valence electrons. The molecule has 0 aliphatic carbocycles. The Morgan fingerprint density at radius 1 is 1.12 bits per heavy atom. The molecule has 12 heteroatoms. The van der Waals surface area contributed by atoms with E-state index in [-0.39, 0.29) is 16.8 Å². The molecule has 10 nitrogen and oxygen atoms in total. The molecule has 1 aliphatic rings. The fraction of sp³-hybridized carbons (Fsp3) is 0.207. The Morgan fingerprint density at radius 2 is 1.83 bits per heavy atom. The Morgan fingerprint density at radius 3 is 2.46 bits per heavy atom. The van der Waals surface area contributed by atoms with Gasteiger partial charge in [0, 0.05) is 39.8 Å². The first-order valence-corrected chi connectivity index (χ1v) is 13.6. The fourth-order valence-corrected chi connectivity index (χ4v) is 6.32. The zero-order valence-electron chi connectivity index (χ0n) is 22.8. The van der Waals surface area contributed by atoms with E-state index >= 15 is 0 Å². The van der Waals surface area contributed by atoms with Crippen molar-refractivity contribution in [2.75, 3.05) is 14.2 Å². The number of allylic oxidation sites excluding steroid dienone is 1. The van der Waals surface area contributed by atoms with Crippen LogP contribution in [0, 0.1) is 24.0 Å². The second kappa shape index (κ2) is 10.8. The molecule has 1 atom stereocenters. The maximum absolute atomic E-state index is 14.0. The summed E-state index contributed by atoms with van der Waals surface area (Å²) in [6.45, 7) is 5.53. The number of methoxy groups -OCH3 is 2. The highest BCUT2D eigenvalue weighted by Gasteiger charge is 2.35. The van der Waals surface area contributed by atoms with Crippen molar-refractivity contribution < 1.29 is 19.2 Å². The average Bonchev–Trinajstić information content (AvgIpc) is 3.41. The highest BCUT2D eigenvalue weighted by atomic mass is 35.5. The third-order valence-corrected chi connectivity index (χ3v) is 8.21. The van der Waals surface area contributed by atoms with E-state index in [4.69, 9.17) is 21.1 Å². The van der Waals surface area contributed by atoms with E-state index < -0.39 is 16.9 Å². The van der Waals surface area contributed by atoms with Crippen LogP contribution in [0.2, 0.25) is 5.02 Å². The summed E-state index contributed by atoms with van der Waals surface area (Å²) in [4.78, 5) is 42.6. The number of thiazole rings is 1. The minimum Gasteiger partial charge on any atom is -0.496 e. The lowest BCUT2D eigenvalue weighted by atomic mass is 9.95. The summed E-state index contributed by atoms with van der Waals surface area (Å²) in [6, 6.07) is 12.4. The van der Waals surface area contributed by atoms with Gasteiger partial charge in [-0.1, -0.05) is 22.9 Å². The number of aryl methyl sites for hydroxylation is 1. The summed E-state index contributed by atoms with van der Waals surface area (Å²) in [7, 11) is 2.78. The number of carbonyl (C=O) groups is 1. The zero-order chi connectivity index (χ0) is 29.6. The van der Waals surface area contributed by atoms with Crippen LogP contribution in [0.1, 0.15) is 35.5 Å². The van der Waals surface area contributed by atoms with Gasteiger partial charge in [-0.25, -0.2) is 9.79 Å². The monoisotopic (exact) mass is 592 g/mol. The molecular formula is C29H25ClN4O6S. The lowest BCUT2D eigenvalue weighted by Crippen LogP contribution is -2.40. The Kier molecular flexibility index (Phi) is 7.41. The molecular weight excluding hydrogens is 568 g/mol. The molecule has 2 aromatic carbocycles. The van der Waals surface area contributed by atoms with Gasteiger partial charge in [0.15, 0.2) is 4.80 Å². The van der Waals surface area contributed by atoms with Crippen molar-refractivity contribution in [1.82, 2.24) is 9.13 Å². The highest BCUT2D eigenvalue weighted by molar-refractivity contribution is 7.07. The number of nitro groups is 1. The Hall–Kier alpha value is -4.48. The molecule has 5 rings (SSSR count). The van der Waals surface area contributed by atoms with Gasteiger partial charge in [0.25, 0.3) is 11.2 Å². The Bertz CT molecular complexity index is 1930. The molecule has 0 saturated carbocycles. The predicted octanol–water partition coefficient (Wildman–Crippen LogP) is 4.39. The number of halogens is 1. The summed E-state index contributed by atoms with van der Waals surface area (Å²) in [5.41, 5.74) is 4.13. The molecule has 4 aromatic rings. The molecule has 2 aromatic heterocycles. The molecule has 0 N–H and O–H groups in total. The van der Waals surface area contributed by atoms with Crippen LogP contribution in [0.4, 0.5) is 5.69 Å². The molecule has 3 heterocycles. The van der Waals surface area contributed by atoms with E-state index in [9.17, 15) is 19.7 Å². The van der Waals surface area contributed by atoms with Crippen molar-refractivity contribution in [2.24, 2.45) is 4.99 Å². The van der Waals surface area contributed by atoms with E-state index in [1.807, 2.05) is 24.5 Å². The van der Waals surface area contributed by atoms with Crippen molar-refractivity contribution >= 4 is 40.7 Å². The summed E-state index contributed by atoms with van der Waals surface area (Å²) in [5, 5.41) is 11.5. The smallest absolute Gasteiger partial charge is 0.338 e. The lowest BCUT2D eigenvalue weighted by Gasteiger charge is -2.25. The SMILES string of the molecule is COC(=O)C1=C(C)N=c2s/c(=C\c3cc(C)n(-c4ccc([N+](=O)[O-])cc4)c3C)c(=O)n2[C@H]1c1cc(Cl)ccc1OC. The van der Waals surface area contributed by atoms with Crippen LogP contribution in [0.25, 0.3) is 11.8 Å². The van der Waals surface area contributed by atoms with Crippen LogP contribution >= 0.6 is 22.9 Å². The zero-order valence-corrected chi connectivity index (χ0v) is 24.4. The first kappa shape index (κ1) is 28.1. The van der Waals surface area contributed by atoms with E-state index in [0.717, 1.165) is 22.6 Å². The summed E-state index contributed by atoms with van der Waals surface area (Å²) >= 11 is 7.55. The second-order valence-electron chi connectivity index (χ2n) is 9.40. The molecule has 0 bridgehead atoms. The molecule has 0 unspecified atom stereocenters. The van der Waals surface area contributed by atoms with Crippen LogP contribution in [-0.4, -0.2) is 34.2 Å². The van der Waals surface area contributed by atoms with Gasteiger partial charge in [0.1, 0.15) is 11.8 Å². The standard InChI is InChI=1S/C29H25ClN4O6S/c1-15-12-18(17(3)32(15)20-7-9-21(10-8-20)34(37)38)13-24-27(35)33-26(22-14-19(30)6-11-23(22)39-4)25(28(36)40-5)16(2)31-29(33)41-24/h6-14,26H,1-5H3/b24-13-/t26-/m0/s1. The van der Waals surface area contributed by atoms with Gasteiger partial charge in [-0.15, -0.1) is 0 Å². The topological polar surface area (TPSA) is 118 Å². The number of benzene rings is 2. The fourth-order valence-electron chi connectivity index (χ4n) is 5.10. The van der Waals surface area contributed by atoms with Gasteiger partial charge in [-0.05, 0) is 68.8 Å². The van der Waals surface area contributed by atoms with Crippen LogP contribution in [-0.2, 0) is 9.53 Å². The van der Waals surface area contributed by atoms with E-state index in [1.54, 1.807) is 43.3 Å². The van der Waals surface area contributed by atoms with Crippen molar-refractivity contribution in [3.8, 4) is 11.4 Å². The number of hydrogen-bond donors (Lipinski definition) is 0. The quantitative estimate of drug-likeness (QED) is 0.186. The van der Waals surface area contributed by atoms with Crippen LogP contribution in [0.5, 0.6) is 5.75 Å². The first-order chi connectivity index (χ1) is 19.5. The molecule has 0 radical (unpaired) electrons. The Labute approximate surface area is 243 Å². The average molecular weight is 593 g/mol. The number of ether oxygens (including phenoxy) is 2. The largest absolute Gasteiger partial charge is 0.496 e. The number of non-ortho nitro benzene ring substituents is 1. The molecule has 1 aliphatic heterocycles. The number of nitro benzene ring substituents is 1. The maximum atomic E-state index is 14.0. The summed E-state index contributed by atoms with van der Waals surface area (Å²) in [6.07, 6.45) is 1.79. The maximum Gasteiger partial charge on any atom is 0.338 e. The number of rotatable bonds is 6. The Balaban J connectivity index is 1.70. The first-order valence-electron chi connectivity index (χ1n) is 12.4. The number of carbonyl (C=O) groups excluding carboxylic acids is 1. The highest BCUT2D eigenvalue weighted by Crippen LogP contribution is 2.37. The van der Waals surface area contributed by atoms with Gasteiger partial charge in [-0.2, -0.15) is 0 Å². The van der Waals surface area contributed by atoms with E-state index in [0.29, 0.717) is 31.4 Å². The lowest BCUT2D eigenvalue weighted by molar-refractivity contribution is -0.384. The molecule has 0 fully saturated rings. The van der Waals surface area contributed by atoms with Crippen LogP contribution < -0.4 is 19.6 Å². The van der Waals surface area contributed by atoms with Crippen molar-refractivity contribution in [3.63, 3.8) is 0 Å². The van der Waals surface area contributed by atoms with Crippen LogP contribution in [0.15, 0.2) is 69.6 Å². The summed E-state index contributed by atoms with van der Waals surface area (Å²) < 4.78 is 14.5. The number of nitrogens with zero attached hydrogens (tertiary/aromatic N) is 4. The second-order valence-corrected chi connectivity index (χ2v) is 10.8. The van der Waals surface area contributed by atoms with Crippen molar-refractivity contribution in [3.05, 3.63) is 117 Å².